The van der Waals surface area contributed by atoms with Crippen molar-refractivity contribution in [1.82, 2.24) is 25.4 Å². The van der Waals surface area contributed by atoms with Crippen LogP contribution in [0.2, 0.25) is 0 Å². The largest absolute Gasteiger partial charge is 0.480 e. The molecule has 2 atom stereocenters. The average molecular weight is 290 g/mol. The zero-order valence-electron chi connectivity index (χ0n) is 12.7. The lowest BCUT2D eigenvalue weighted by molar-refractivity contribution is 0.389. The molecule has 21 heavy (non-hydrogen) atoms. The first kappa shape index (κ1) is 15.4. The molecule has 0 saturated heterocycles. The van der Waals surface area contributed by atoms with Gasteiger partial charge in [-0.05, 0) is 25.5 Å². The normalized spacial score (nSPS) is 13.9. The zero-order chi connectivity index (χ0) is 15.2. The maximum atomic E-state index is 5.63. The average Bonchev–Trinajstić information content (AvgIpc) is 3.00. The van der Waals surface area contributed by atoms with E-state index in [9.17, 15) is 0 Å². The third-order valence-corrected chi connectivity index (χ3v) is 3.55. The van der Waals surface area contributed by atoms with Gasteiger partial charge < -0.3 is 4.74 Å². The van der Waals surface area contributed by atoms with Crippen LogP contribution in [-0.4, -0.2) is 27.1 Å². The Morgan fingerprint density at radius 2 is 2.14 bits per heavy atom. The second kappa shape index (κ2) is 7.14. The molecule has 2 unspecified atom stereocenters. The van der Waals surface area contributed by atoms with Crippen LogP contribution in [0.4, 0.5) is 0 Å². The number of methoxy groups -OCH3 is 1. The number of nitrogens with two attached hydrogens (primary N) is 1. The van der Waals surface area contributed by atoms with Crippen LogP contribution >= 0.6 is 0 Å². The summed E-state index contributed by atoms with van der Waals surface area (Å²) in [7, 11) is 1.56. The lowest BCUT2D eigenvalue weighted by atomic mass is 10.1. The van der Waals surface area contributed by atoms with Gasteiger partial charge in [0.1, 0.15) is 0 Å². The first-order valence-electron chi connectivity index (χ1n) is 7.05. The van der Waals surface area contributed by atoms with Gasteiger partial charge >= 0.3 is 0 Å². The van der Waals surface area contributed by atoms with E-state index in [2.05, 4.69) is 34.6 Å². The van der Waals surface area contributed by atoms with E-state index in [1.165, 1.54) is 0 Å². The van der Waals surface area contributed by atoms with Gasteiger partial charge in [0.05, 0.1) is 24.5 Å². The molecule has 2 heterocycles. The molecule has 0 saturated carbocycles. The fourth-order valence-corrected chi connectivity index (χ4v) is 2.00. The molecule has 2 aromatic heterocycles. The summed E-state index contributed by atoms with van der Waals surface area (Å²) >= 11 is 0. The van der Waals surface area contributed by atoms with E-state index < -0.39 is 0 Å². The van der Waals surface area contributed by atoms with Crippen LogP contribution in [0.1, 0.15) is 43.7 Å². The van der Waals surface area contributed by atoms with E-state index in [-0.39, 0.29) is 6.04 Å². The molecular formula is C14H22N6O. The van der Waals surface area contributed by atoms with E-state index in [1.807, 2.05) is 23.0 Å². The van der Waals surface area contributed by atoms with Crippen LogP contribution in [0, 0.1) is 0 Å². The molecule has 2 aromatic rings. The highest BCUT2D eigenvalue weighted by Gasteiger charge is 2.15. The molecule has 0 amide bonds. The number of nitrogens with zero attached hydrogens (tertiary/aromatic N) is 4. The Hall–Kier alpha value is -1.99. The smallest absolute Gasteiger partial charge is 0.233 e. The highest BCUT2D eigenvalue weighted by atomic mass is 16.5. The number of hydrogen-bond acceptors (Lipinski definition) is 6. The standard InChI is InChI=1S/C14H22N6O/c1-4-10(2)20-8-7-11(19-20)9-13(16-15)12-5-6-14(21-3)18-17-12/h5-8,10,13,16H,4,9,15H2,1-3H3. The molecule has 7 heteroatoms. The predicted octanol–water partition coefficient (Wildman–Crippen LogP) is 1.40. The van der Waals surface area contributed by atoms with Gasteiger partial charge in [-0.25, -0.2) is 0 Å². The van der Waals surface area contributed by atoms with Crippen molar-refractivity contribution in [2.24, 2.45) is 5.84 Å². The summed E-state index contributed by atoms with van der Waals surface area (Å²) in [6, 6.07) is 5.88. The number of hydrazine groups is 1. The molecule has 0 aliphatic rings. The molecule has 0 bridgehead atoms. The number of hydrogen-bond donors (Lipinski definition) is 2. The van der Waals surface area contributed by atoms with Crippen molar-refractivity contribution in [2.45, 2.75) is 38.8 Å². The molecule has 3 N–H and O–H groups in total. The molecule has 0 aliphatic carbocycles. The Bertz CT molecular complexity index is 553. The lowest BCUT2D eigenvalue weighted by Gasteiger charge is -2.14. The number of ether oxygens (including phenoxy) is 1. The minimum atomic E-state index is -0.135. The van der Waals surface area contributed by atoms with Gasteiger partial charge in [0.15, 0.2) is 0 Å². The van der Waals surface area contributed by atoms with Gasteiger partial charge in [-0.2, -0.15) is 10.2 Å². The van der Waals surface area contributed by atoms with E-state index in [4.69, 9.17) is 10.6 Å². The second-order valence-corrected chi connectivity index (χ2v) is 4.97. The van der Waals surface area contributed by atoms with Crippen LogP contribution in [-0.2, 0) is 6.42 Å². The molecule has 0 aromatic carbocycles. The van der Waals surface area contributed by atoms with Crippen molar-refractivity contribution in [3.63, 3.8) is 0 Å². The van der Waals surface area contributed by atoms with Gasteiger partial charge in [-0.3, -0.25) is 16.0 Å². The van der Waals surface area contributed by atoms with Gasteiger partial charge in [0.2, 0.25) is 5.88 Å². The van der Waals surface area contributed by atoms with Crippen LogP contribution in [0.3, 0.4) is 0 Å². The Balaban J connectivity index is 2.09. The minimum absolute atomic E-state index is 0.135. The Morgan fingerprint density at radius 1 is 1.33 bits per heavy atom. The highest BCUT2D eigenvalue weighted by molar-refractivity contribution is 5.16. The fraction of sp³-hybridized carbons (Fsp3) is 0.500. The van der Waals surface area contributed by atoms with Crippen LogP contribution in [0.15, 0.2) is 24.4 Å². The number of rotatable bonds is 7. The van der Waals surface area contributed by atoms with Crippen LogP contribution in [0.5, 0.6) is 5.88 Å². The topological polar surface area (TPSA) is 90.9 Å². The molecule has 0 fully saturated rings. The monoisotopic (exact) mass is 290 g/mol. The quantitative estimate of drug-likeness (QED) is 0.591. The van der Waals surface area contributed by atoms with Gasteiger partial charge in [-0.15, -0.1) is 5.10 Å². The van der Waals surface area contributed by atoms with Gasteiger partial charge in [0.25, 0.3) is 0 Å². The Labute approximate surface area is 124 Å². The summed E-state index contributed by atoms with van der Waals surface area (Å²) in [6.07, 6.45) is 3.70. The van der Waals surface area contributed by atoms with Gasteiger partial charge in [-0.1, -0.05) is 6.92 Å². The summed E-state index contributed by atoms with van der Waals surface area (Å²) in [6.45, 7) is 4.29. The Kier molecular flexibility index (Phi) is 5.24. The molecule has 2 rings (SSSR count). The number of nitrogens with one attached hydrogen (secondary N) is 1. The van der Waals surface area contributed by atoms with E-state index in [1.54, 1.807) is 13.2 Å². The maximum absolute atomic E-state index is 5.63. The van der Waals surface area contributed by atoms with Crippen molar-refractivity contribution in [1.29, 1.82) is 0 Å². The van der Waals surface area contributed by atoms with Crippen molar-refractivity contribution in [2.75, 3.05) is 7.11 Å². The molecule has 114 valence electrons. The molecule has 0 spiro atoms. The minimum Gasteiger partial charge on any atom is -0.480 e. The summed E-state index contributed by atoms with van der Waals surface area (Å²) < 4.78 is 6.98. The van der Waals surface area contributed by atoms with E-state index >= 15 is 0 Å². The highest BCUT2D eigenvalue weighted by Crippen LogP contribution is 2.17. The second-order valence-electron chi connectivity index (χ2n) is 4.97. The summed E-state index contributed by atoms with van der Waals surface area (Å²) in [4.78, 5) is 0. The first-order valence-corrected chi connectivity index (χ1v) is 7.05. The van der Waals surface area contributed by atoms with Crippen LogP contribution in [0.25, 0.3) is 0 Å². The van der Waals surface area contributed by atoms with E-state index in [0.717, 1.165) is 17.8 Å². The van der Waals surface area contributed by atoms with Gasteiger partial charge in [0, 0.05) is 24.7 Å². The van der Waals surface area contributed by atoms with Crippen molar-refractivity contribution in [3.05, 3.63) is 35.8 Å². The molecule has 7 nitrogen and oxygen atoms in total. The third kappa shape index (κ3) is 3.77. The lowest BCUT2D eigenvalue weighted by Crippen LogP contribution is -2.30. The predicted molar refractivity (Wildman–Crippen MR) is 79.6 cm³/mol. The molecule has 0 radical (unpaired) electrons. The molecular weight excluding hydrogens is 268 g/mol. The molecule has 0 aliphatic heterocycles. The summed E-state index contributed by atoms with van der Waals surface area (Å²) in [5, 5.41) is 12.7. The number of aromatic nitrogens is 4. The maximum Gasteiger partial charge on any atom is 0.233 e. The van der Waals surface area contributed by atoms with Crippen molar-refractivity contribution < 1.29 is 4.74 Å². The van der Waals surface area contributed by atoms with Crippen LogP contribution < -0.4 is 16.0 Å². The van der Waals surface area contributed by atoms with E-state index in [0.29, 0.717) is 18.3 Å². The van der Waals surface area contributed by atoms with Crippen molar-refractivity contribution in [3.8, 4) is 5.88 Å². The summed E-state index contributed by atoms with van der Waals surface area (Å²) in [5.41, 5.74) is 4.49. The zero-order valence-corrected chi connectivity index (χ0v) is 12.7. The Morgan fingerprint density at radius 3 is 2.71 bits per heavy atom. The first-order chi connectivity index (χ1) is 10.2. The fourth-order valence-electron chi connectivity index (χ4n) is 2.00. The third-order valence-electron chi connectivity index (χ3n) is 3.55. The summed E-state index contributed by atoms with van der Waals surface area (Å²) in [5.74, 6) is 6.11. The van der Waals surface area contributed by atoms with Crippen molar-refractivity contribution >= 4 is 0 Å². The SMILES string of the molecule is CCC(C)n1ccc(CC(NN)c2ccc(OC)nn2)n1.